The largest absolute Gasteiger partial charge is 0.313 e. The Balaban J connectivity index is 2.74. The summed E-state index contributed by atoms with van der Waals surface area (Å²) in [6, 6.07) is 11.8. The van der Waals surface area contributed by atoms with Crippen molar-refractivity contribution in [3.8, 4) is 0 Å². The van der Waals surface area contributed by atoms with Crippen molar-refractivity contribution in [3.63, 3.8) is 0 Å². The van der Waals surface area contributed by atoms with Gasteiger partial charge in [0.05, 0.1) is 0 Å². The maximum Gasteiger partial charge on any atom is 0.0321 e. The molecule has 0 aliphatic heterocycles. The molecule has 1 atom stereocenters. The first-order valence-corrected chi connectivity index (χ1v) is 4.02. The minimum Gasteiger partial charge on any atom is -0.313 e. The Morgan fingerprint density at radius 2 is 2.36 bits per heavy atom. The Kier molecular flexibility index (Phi) is 3.12. The van der Waals surface area contributed by atoms with E-state index in [0.29, 0.717) is 6.04 Å². The van der Waals surface area contributed by atoms with Crippen LogP contribution in [0.5, 0.6) is 0 Å². The second-order valence-corrected chi connectivity index (χ2v) is 2.57. The summed E-state index contributed by atoms with van der Waals surface area (Å²) in [6.07, 6.45) is 1.11. The zero-order valence-corrected chi connectivity index (χ0v) is 7.09. The van der Waals surface area contributed by atoms with Crippen LogP contribution in [0.3, 0.4) is 0 Å². The molecule has 0 amide bonds. The Labute approximate surface area is 68.4 Å². The molecule has 1 aromatic rings. The molecule has 0 aliphatic carbocycles. The SMILES string of the molecule is CCC(NC)c1[c]cccc1. The van der Waals surface area contributed by atoms with Gasteiger partial charge in [-0.2, -0.15) is 0 Å². The first-order chi connectivity index (χ1) is 5.38. The van der Waals surface area contributed by atoms with E-state index in [1.54, 1.807) is 0 Å². The van der Waals surface area contributed by atoms with Gasteiger partial charge in [0.1, 0.15) is 0 Å². The molecule has 1 aromatic carbocycles. The molecule has 1 nitrogen and oxygen atoms in total. The summed E-state index contributed by atoms with van der Waals surface area (Å²) in [4.78, 5) is 0. The highest BCUT2D eigenvalue weighted by atomic mass is 14.9. The summed E-state index contributed by atoms with van der Waals surface area (Å²) < 4.78 is 0. The van der Waals surface area contributed by atoms with Gasteiger partial charge in [0.15, 0.2) is 0 Å². The van der Waals surface area contributed by atoms with Crippen molar-refractivity contribution in [3.05, 3.63) is 35.9 Å². The van der Waals surface area contributed by atoms with Gasteiger partial charge in [-0.3, -0.25) is 0 Å². The Hall–Kier alpha value is -0.820. The molecule has 11 heavy (non-hydrogen) atoms. The first kappa shape index (κ1) is 8.28. The predicted octanol–water partition coefficient (Wildman–Crippen LogP) is 2.16. The monoisotopic (exact) mass is 148 g/mol. The van der Waals surface area contributed by atoms with Crippen LogP contribution in [0, 0.1) is 6.07 Å². The van der Waals surface area contributed by atoms with E-state index < -0.39 is 0 Å². The van der Waals surface area contributed by atoms with Crippen molar-refractivity contribution in [1.29, 1.82) is 0 Å². The second-order valence-electron chi connectivity index (χ2n) is 2.57. The highest BCUT2D eigenvalue weighted by Crippen LogP contribution is 2.13. The molecule has 0 fully saturated rings. The van der Waals surface area contributed by atoms with Crippen LogP contribution in [0.4, 0.5) is 0 Å². The average molecular weight is 148 g/mol. The molecule has 1 N–H and O–H groups in total. The number of rotatable bonds is 3. The molecule has 1 heteroatoms. The number of nitrogens with one attached hydrogen (secondary N) is 1. The summed E-state index contributed by atoms with van der Waals surface area (Å²) in [5, 5.41) is 3.24. The van der Waals surface area contributed by atoms with E-state index in [9.17, 15) is 0 Å². The maximum absolute atomic E-state index is 3.24. The van der Waals surface area contributed by atoms with Crippen molar-refractivity contribution in [2.45, 2.75) is 19.4 Å². The topological polar surface area (TPSA) is 12.0 Å². The van der Waals surface area contributed by atoms with Crippen LogP contribution in [0.25, 0.3) is 0 Å². The molecule has 0 saturated carbocycles. The van der Waals surface area contributed by atoms with Crippen molar-refractivity contribution in [2.75, 3.05) is 7.05 Å². The Bertz CT molecular complexity index is 189. The Morgan fingerprint density at radius 1 is 1.55 bits per heavy atom. The highest BCUT2D eigenvalue weighted by Gasteiger charge is 2.03. The lowest BCUT2D eigenvalue weighted by atomic mass is 10.1. The van der Waals surface area contributed by atoms with Crippen molar-refractivity contribution >= 4 is 0 Å². The molecule has 1 rings (SSSR count). The van der Waals surface area contributed by atoms with Crippen LogP contribution in [0.2, 0.25) is 0 Å². The zero-order chi connectivity index (χ0) is 8.10. The Morgan fingerprint density at radius 3 is 2.82 bits per heavy atom. The fourth-order valence-electron chi connectivity index (χ4n) is 1.20. The molecular weight excluding hydrogens is 134 g/mol. The fraction of sp³-hybridized carbons (Fsp3) is 0.400. The molecular formula is C10H14N. The van der Waals surface area contributed by atoms with Crippen LogP contribution in [0.1, 0.15) is 24.9 Å². The van der Waals surface area contributed by atoms with E-state index in [1.807, 2.05) is 25.2 Å². The predicted molar refractivity (Wildman–Crippen MR) is 47.4 cm³/mol. The molecule has 59 valence electrons. The zero-order valence-electron chi connectivity index (χ0n) is 7.09. The molecule has 0 bridgehead atoms. The minimum absolute atomic E-state index is 0.455. The molecule has 0 heterocycles. The van der Waals surface area contributed by atoms with Gasteiger partial charge in [-0.15, -0.1) is 0 Å². The third-order valence-electron chi connectivity index (χ3n) is 1.87. The van der Waals surface area contributed by atoms with Gasteiger partial charge < -0.3 is 5.32 Å². The van der Waals surface area contributed by atoms with Crippen molar-refractivity contribution in [1.82, 2.24) is 5.32 Å². The molecule has 1 radical (unpaired) electrons. The van der Waals surface area contributed by atoms with Crippen LogP contribution in [0.15, 0.2) is 24.3 Å². The summed E-state index contributed by atoms with van der Waals surface area (Å²) >= 11 is 0. The van der Waals surface area contributed by atoms with Crippen LogP contribution >= 0.6 is 0 Å². The van der Waals surface area contributed by atoms with Gasteiger partial charge in [0.2, 0.25) is 0 Å². The average Bonchev–Trinajstić information content (AvgIpc) is 2.09. The minimum atomic E-state index is 0.455. The van der Waals surface area contributed by atoms with Crippen molar-refractivity contribution in [2.24, 2.45) is 0 Å². The molecule has 0 aromatic heterocycles. The summed E-state index contributed by atoms with van der Waals surface area (Å²) in [5.74, 6) is 0. The van der Waals surface area contributed by atoms with E-state index in [1.165, 1.54) is 5.56 Å². The second kappa shape index (κ2) is 4.14. The summed E-state index contributed by atoms with van der Waals surface area (Å²) in [7, 11) is 1.98. The smallest absolute Gasteiger partial charge is 0.0321 e. The van der Waals surface area contributed by atoms with Crippen LogP contribution < -0.4 is 5.32 Å². The third-order valence-corrected chi connectivity index (χ3v) is 1.87. The van der Waals surface area contributed by atoms with E-state index >= 15 is 0 Å². The van der Waals surface area contributed by atoms with E-state index in [4.69, 9.17) is 0 Å². The number of benzene rings is 1. The van der Waals surface area contributed by atoms with Gasteiger partial charge in [-0.05, 0) is 25.1 Å². The van der Waals surface area contributed by atoms with Gasteiger partial charge in [-0.25, -0.2) is 0 Å². The van der Waals surface area contributed by atoms with Gasteiger partial charge in [0.25, 0.3) is 0 Å². The van der Waals surface area contributed by atoms with Crippen molar-refractivity contribution < 1.29 is 0 Å². The van der Waals surface area contributed by atoms with E-state index in [2.05, 4.69) is 24.4 Å². The van der Waals surface area contributed by atoms with Crippen LogP contribution in [-0.4, -0.2) is 7.05 Å². The lowest BCUT2D eigenvalue weighted by Gasteiger charge is -2.12. The quantitative estimate of drug-likeness (QED) is 0.692. The third kappa shape index (κ3) is 2.05. The number of hydrogen-bond acceptors (Lipinski definition) is 1. The van der Waals surface area contributed by atoms with Gasteiger partial charge in [0, 0.05) is 6.04 Å². The van der Waals surface area contributed by atoms with Gasteiger partial charge in [-0.1, -0.05) is 31.2 Å². The lowest BCUT2D eigenvalue weighted by molar-refractivity contribution is 0.576. The molecule has 0 spiro atoms. The molecule has 1 unspecified atom stereocenters. The normalized spacial score (nSPS) is 12.9. The molecule has 0 saturated heterocycles. The first-order valence-electron chi connectivity index (χ1n) is 4.02. The highest BCUT2D eigenvalue weighted by molar-refractivity contribution is 5.16. The fourth-order valence-corrected chi connectivity index (χ4v) is 1.20. The van der Waals surface area contributed by atoms with Crippen LogP contribution in [-0.2, 0) is 0 Å². The number of hydrogen-bond donors (Lipinski definition) is 1. The molecule has 0 aliphatic rings. The van der Waals surface area contributed by atoms with Gasteiger partial charge >= 0.3 is 0 Å². The summed E-state index contributed by atoms with van der Waals surface area (Å²) in [6.45, 7) is 2.17. The van der Waals surface area contributed by atoms with E-state index in [-0.39, 0.29) is 0 Å². The lowest BCUT2D eigenvalue weighted by Crippen LogP contribution is -2.14. The summed E-state index contributed by atoms with van der Waals surface area (Å²) in [5.41, 5.74) is 1.25. The van der Waals surface area contributed by atoms with E-state index in [0.717, 1.165) is 6.42 Å². The maximum atomic E-state index is 3.24. The standard InChI is InChI=1S/C10H14N/c1-3-10(11-2)9-7-5-4-6-8-9/h4-7,10-11H,3H2,1-2H3.